The third kappa shape index (κ3) is 6.86. The van der Waals surface area contributed by atoms with Crippen molar-refractivity contribution in [3.8, 4) is 5.75 Å². The third-order valence-corrected chi connectivity index (χ3v) is 6.44. The standard InChI is InChI=1S/C23H19ClF4N2O4S/c1-2-21(34-17-8-3-14(25)4-9-17)22(31)29-15-5-10-18(11-6-15)35(32,33)30-16-7-12-20(24)19(13-16)23(26,27)28/h3-13,21,30H,2H2,1H3,(H,29,31)/t21-/m0/s1. The monoisotopic (exact) mass is 530 g/mol. The van der Waals surface area contributed by atoms with Gasteiger partial charge in [0.2, 0.25) is 0 Å². The van der Waals surface area contributed by atoms with Gasteiger partial charge in [0.05, 0.1) is 15.5 Å². The van der Waals surface area contributed by atoms with Crippen LogP contribution in [0.25, 0.3) is 0 Å². The van der Waals surface area contributed by atoms with Gasteiger partial charge < -0.3 is 10.1 Å². The number of rotatable bonds is 8. The van der Waals surface area contributed by atoms with Gasteiger partial charge in [0, 0.05) is 11.4 Å². The van der Waals surface area contributed by atoms with Crippen molar-refractivity contribution in [2.75, 3.05) is 10.0 Å². The SMILES string of the molecule is CC[C@H](Oc1ccc(F)cc1)C(=O)Nc1ccc(S(=O)(=O)Nc2ccc(Cl)c(C(F)(F)F)c2)cc1. The first kappa shape index (κ1) is 26.3. The molecule has 0 heterocycles. The van der Waals surface area contributed by atoms with Crippen molar-refractivity contribution in [1.29, 1.82) is 0 Å². The van der Waals surface area contributed by atoms with Gasteiger partial charge in [-0.15, -0.1) is 0 Å². The smallest absolute Gasteiger partial charge is 0.417 e. The molecule has 1 atom stereocenters. The molecule has 0 saturated carbocycles. The molecule has 3 aromatic rings. The van der Waals surface area contributed by atoms with Crippen molar-refractivity contribution < 1.29 is 35.5 Å². The second kappa shape index (κ2) is 10.5. The van der Waals surface area contributed by atoms with Gasteiger partial charge in [-0.1, -0.05) is 18.5 Å². The van der Waals surface area contributed by atoms with Gasteiger partial charge in [-0.25, -0.2) is 12.8 Å². The molecule has 186 valence electrons. The number of alkyl halides is 3. The quantitative estimate of drug-likeness (QED) is 0.345. The Morgan fingerprint density at radius 1 is 1.00 bits per heavy atom. The predicted octanol–water partition coefficient (Wildman–Crippen LogP) is 6.09. The van der Waals surface area contributed by atoms with Gasteiger partial charge in [0.25, 0.3) is 15.9 Å². The molecule has 12 heteroatoms. The molecule has 0 bridgehead atoms. The molecule has 0 aliphatic rings. The van der Waals surface area contributed by atoms with Crippen LogP contribution in [0.1, 0.15) is 18.9 Å². The minimum Gasteiger partial charge on any atom is -0.481 e. The summed E-state index contributed by atoms with van der Waals surface area (Å²) in [5.41, 5.74) is -1.23. The van der Waals surface area contributed by atoms with Crippen molar-refractivity contribution >= 4 is 38.9 Å². The van der Waals surface area contributed by atoms with Gasteiger partial charge in [-0.2, -0.15) is 13.2 Å². The predicted molar refractivity (Wildman–Crippen MR) is 123 cm³/mol. The Kier molecular flexibility index (Phi) is 7.91. The number of ether oxygens (including phenoxy) is 1. The first-order valence-corrected chi connectivity index (χ1v) is 12.0. The third-order valence-electron chi connectivity index (χ3n) is 4.71. The highest BCUT2D eigenvalue weighted by Crippen LogP contribution is 2.36. The van der Waals surface area contributed by atoms with E-state index in [1.165, 1.54) is 48.5 Å². The molecule has 0 radical (unpaired) electrons. The lowest BCUT2D eigenvalue weighted by molar-refractivity contribution is -0.137. The summed E-state index contributed by atoms with van der Waals surface area (Å²) < 4.78 is 85.0. The molecule has 35 heavy (non-hydrogen) atoms. The van der Waals surface area contributed by atoms with Crippen LogP contribution in [0, 0.1) is 5.82 Å². The van der Waals surface area contributed by atoms with Crippen molar-refractivity contribution in [2.45, 2.75) is 30.5 Å². The molecule has 0 unspecified atom stereocenters. The Bertz CT molecular complexity index is 1300. The average molecular weight is 531 g/mol. The average Bonchev–Trinajstić information content (AvgIpc) is 2.79. The number of carbonyl (C=O) groups excluding carboxylic acids is 1. The zero-order valence-corrected chi connectivity index (χ0v) is 19.6. The first-order valence-electron chi connectivity index (χ1n) is 10.1. The Morgan fingerprint density at radius 2 is 1.60 bits per heavy atom. The van der Waals surface area contributed by atoms with Crippen molar-refractivity contribution in [3.63, 3.8) is 0 Å². The minimum absolute atomic E-state index is 0.242. The number of sulfonamides is 1. The Hall–Kier alpha value is -3.31. The summed E-state index contributed by atoms with van der Waals surface area (Å²) in [5, 5.41) is 2.03. The van der Waals surface area contributed by atoms with Crippen LogP contribution in [0.2, 0.25) is 5.02 Å². The highest BCUT2D eigenvalue weighted by molar-refractivity contribution is 7.92. The molecule has 0 aliphatic heterocycles. The van der Waals surface area contributed by atoms with Crippen LogP contribution in [0.4, 0.5) is 28.9 Å². The van der Waals surface area contributed by atoms with E-state index in [1.54, 1.807) is 6.92 Å². The molecular weight excluding hydrogens is 512 g/mol. The lowest BCUT2D eigenvalue weighted by Crippen LogP contribution is -2.32. The maximum absolute atomic E-state index is 13.0. The summed E-state index contributed by atoms with van der Waals surface area (Å²) in [6.07, 6.45) is -5.34. The van der Waals surface area contributed by atoms with Gasteiger partial charge in [0.15, 0.2) is 6.10 Å². The van der Waals surface area contributed by atoms with Gasteiger partial charge in [-0.05, 0) is 73.2 Å². The number of anilines is 2. The number of hydrogen-bond acceptors (Lipinski definition) is 4. The fourth-order valence-corrected chi connectivity index (χ4v) is 4.23. The summed E-state index contributed by atoms with van der Waals surface area (Å²) in [6.45, 7) is 1.72. The van der Waals surface area contributed by atoms with Crippen LogP contribution < -0.4 is 14.8 Å². The van der Waals surface area contributed by atoms with Gasteiger partial charge in [0.1, 0.15) is 11.6 Å². The zero-order chi connectivity index (χ0) is 25.8. The van der Waals surface area contributed by atoms with Crippen molar-refractivity contribution in [3.05, 3.63) is 83.1 Å². The Labute approximate surface area is 203 Å². The molecule has 2 N–H and O–H groups in total. The summed E-state index contributed by atoms with van der Waals surface area (Å²) >= 11 is 5.56. The van der Waals surface area contributed by atoms with Crippen LogP contribution in [-0.2, 0) is 21.0 Å². The normalized spacial score (nSPS) is 12.6. The van der Waals surface area contributed by atoms with Gasteiger partial charge >= 0.3 is 6.18 Å². The van der Waals surface area contributed by atoms with Crippen LogP contribution in [-0.4, -0.2) is 20.4 Å². The van der Waals surface area contributed by atoms with E-state index in [2.05, 4.69) is 10.0 Å². The van der Waals surface area contributed by atoms with E-state index in [0.29, 0.717) is 18.2 Å². The summed E-state index contributed by atoms with van der Waals surface area (Å²) in [4.78, 5) is 12.3. The Morgan fingerprint density at radius 3 is 2.17 bits per heavy atom. The highest BCUT2D eigenvalue weighted by Gasteiger charge is 2.33. The lowest BCUT2D eigenvalue weighted by Gasteiger charge is -2.17. The van der Waals surface area contributed by atoms with Crippen LogP contribution >= 0.6 is 11.6 Å². The van der Waals surface area contributed by atoms with E-state index in [0.717, 1.165) is 12.1 Å². The van der Waals surface area contributed by atoms with E-state index >= 15 is 0 Å². The second-order valence-corrected chi connectivity index (χ2v) is 9.37. The first-order chi connectivity index (χ1) is 16.4. The van der Waals surface area contributed by atoms with E-state index in [1.807, 2.05) is 0 Å². The molecule has 3 aromatic carbocycles. The fraction of sp³-hybridized carbons (Fsp3) is 0.174. The molecule has 1 amide bonds. The molecule has 0 saturated heterocycles. The molecular formula is C23H19ClF4N2O4S. The number of amides is 1. The number of benzene rings is 3. The summed E-state index contributed by atoms with van der Waals surface area (Å²) in [7, 11) is -4.23. The van der Waals surface area contributed by atoms with Crippen LogP contribution in [0.3, 0.4) is 0 Å². The van der Waals surface area contributed by atoms with Crippen LogP contribution in [0.15, 0.2) is 71.6 Å². The van der Waals surface area contributed by atoms with E-state index in [-0.39, 0.29) is 16.3 Å². The number of hydrogen-bond donors (Lipinski definition) is 2. The van der Waals surface area contributed by atoms with E-state index < -0.39 is 44.6 Å². The molecule has 6 nitrogen and oxygen atoms in total. The van der Waals surface area contributed by atoms with Crippen LogP contribution in [0.5, 0.6) is 5.75 Å². The molecule has 0 aromatic heterocycles. The molecule has 3 rings (SSSR count). The Balaban J connectivity index is 1.69. The maximum Gasteiger partial charge on any atom is 0.417 e. The largest absolute Gasteiger partial charge is 0.481 e. The topological polar surface area (TPSA) is 84.5 Å². The zero-order valence-electron chi connectivity index (χ0n) is 18.1. The fourth-order valence-electron chi connectivity index (χ4n) is 2.96. The van der Waals surface area contributed by atoms with E-state index in [9.17, 15) is 30.8 Å². The lowest BCUT2D eigenvalue weighted by atomic mass is 10.2. The maximum atomic E-state index is 13.0. The van der Waals surface area contributed by atoms with Crippen molar-refractivity contribution in [1.82, 2.24) is 0 Å². The summed E-state index contributed by atoms with van der Waals surface area (Å²) in [5.74, 6) is -0.653. The summed E-state index contributed by atoms with van der Waals surface area (Å²) in [6, 6.07) is 12.8. The molecule has 0 aliphatic carbocycles. The number of halogens is 5. The number of nitrogens with one attached hydrogen (secondary N) is 2. The van der Waals surface area contributed by atoms with E-state index in [4.69, 9.17) is 16.3 Å². The molecule has 0 fully saturated rings. The second-order valence-electron chi connectivity index (χ2n) is 7.28. The van der Waals surface area contributed by atoms with Gasteiger partial charge in [-0.3, -0.25) is 9.52 Å². The minimum atomic E-state index is -4.75. The molecule has 0 spiro atoms. The van der Waals surface area contributed by atoms with Crippen molar-refractivity contribution in [2.24, 2.45) is 0 Å². The number of carbonyl (C=O) groups is 1. The highest BCUT2D eigenvalue weighted by atomic mass is 35.5.